The molecule has 0 aliphatic carbocycles. The van der Waals surface area contributed by atoms with E-state index in [0.717, 1.165) is 34.1 Å². The zero-order valence-corrected chi connectivity index (χ0v) is 16.4. The number of benzene rings is 2. The van der Waals surface area contributed by atoms with Crippen LogP contribution in [0, 0.1) is 0 Å². The maximum Gasteiger partial charge on any atom is 0.147 e. The highest BCUT2D eigenvalue weighted by molar-refractivity contribution is 9.10. The van der Waals surface area contributed by atoms with Crippen molar-refractivity contribution in [1.29, 1.82) is 0 Å². The summed E-state index contributed by atoms with van der Waals surface area (Å²) in [5.41, 5.74) is 2.38. The monoisotopic (exact) mass is 432 g/mol. The van der Waals surface area contributed by atoms with Crippen molar-refractivity contribution in [2.45, 2.75) is 6.04 Å². The summed E-state index contributed by atoms with van der Waals surface area (Å²) in [6.45, 7) is 2.92. The molecule has 1 aromatic heterocycles. The molecule has 0 unspecified atom stereocenters. The Kier molecular flexibility index (Phi) is 5.14. The number of halogens is 2. The highest BCUT2D eigenvalue weighted by atomic mass is 79.9. The topological polar surface area (TPSA) is 45.6 Å². The van der Waals surface area contributed by atoms with Gasteiger partial charge in [-0.25, -0.2) is 0 Å². The number of phenols is 1. The average Bonchev–Trinajstić information content (AvgIpc) is 2.67. The zero-order chi connectivity index (χ0) is 18.1. The molecule has 4 nitrogen and oxygen atoms in total. The molecule has 4 rings (SSSR count). The normalized spacial score (nSPS) is 16.7. The molecule has 0 amide bonds. The van der Waals surface area contributed by atoms with Gasteiger partial charge in [0.1, 0.15) is 11.3 Å². The van der Waals surface area contributed by atoms with E-state index in [9.17, 15) is 5.11 Å². The van der Waals surface area contributed by atoms with Crippen LogP contribution in [-0.2, 0) is 4.74 Å². The van der Waals surface area contributed by atoms with Crippen LogP contribution in [0.3, 0.4) is 0 Å². The number of rotatable bonds is 3. The summed E-state index contributed by atoms with van der Waals surface area (Å²) in [7, 11) is 0. The van der Waals surface area contributed by atoms with E-state index in [4.69, 9.17) is 16.3 Å². The number of hydrogen-bond donors (Lipinski definition) is 1. The lowest BCUT2D eigenvalue weighted by molar-refractivity contribution is 0.0236. The summed E-state index contributed by atoms with van der Waals surface area (Å²) in [5, 5.41) is 12.4. The predicted octanol–water partition coefficient (Wildman–Crippen LogP) is 4.78. The highest BCUT2D eigenvalue weighted by Crippen LogP contribution is 2.41. The molecule has 3 aromatic rings. The number of nitrogens with zero attached hydrogens (tertiary/aromatic N) is 2. The molecule has 1 fully saturated rings. The van der Waals surface area contributed by atoms with Crippen LogP contribution in [0.2, 0.25) is 5.02 Å². The predicted molar refractivity (Wildman–Crippen MR) is 107 cm³/mol. The van der Waals surface area contributed by atoms with Gasteiger partial charge in [-0.1, -0.05) is 39.7 Å². The number of ether oxygens (including phenoxy) is 1. The van der Waals surface area contributed by atoms with E-state index in [1.165, 1.54) is 0 Å². The Morgan fingerprint density at radius 3 is 2.73 bits per heavy atom. The first-order chi connectivity index (χ1) is 12.6. The number of phenolic OH excluding ortho intramolecular Hbond substituents is 1. The first-order valence-electron chi connectivity index (χ1n) is 8.48. The molecule has 1 aliphatic heterocycles. The Bertz CT molecular complexity index is 944. The molecule has 1 atom stereocenters. The van der Waals surface area contributed by atoms with Crippen LogP contribution in [0.5, 0.6) is 5.75 Å². The third-order valence-corrected chi connectivity index (χ3v) is 5.52. The molecule has 0 bridgehead atoms. The van der Waals surface area contributed by atoms with Crippen LogP contribution in [0.1, 0.15) is 17.2 Å². The van der Waals surface area contributed by atoms with Gasteiger partial charge >= 0.3 is 0 Å². The lowest BCUT2D eigenvalue weighted by Gasteiger charge is -2.35. The molecule has 2 heterocycles. The second kappa shape index (κ2) is 7.53. The van der Waals surface area contributed by atoms with Crippen LogP contribution in [0.15, 0.2) is 53.1 Å². The van der Waals surface area contributed by atoms with E-state index in [1.54, 1.807) is 6.20 Å². The van der Waals surface area contributed by atoms with Crippen molar-refractivity contribution < 1.29 is 9.84 Å². The fraction of sp³-hybridized carbons (Fsp3) is 0.250. The van der Waals surface area contributed by atoms with Gasteiger partial charge in [-0.15, -0.1) is 0 Å². The summed E-state index contributed by atoms with van der Waals surface area (Å²) in [6, 6.07) is 13.6. The summed E-state index contributed by atoms with van der Waals surface area (Å²) < 4.78 is 6.52. The standard InChI is InChI=1S/C20H18BrClN2O2/c21-14-4-1-3-13(11-14)19(24-7-9-26-10-8-24)16-12-17(22)15-5-2-6-23-18(15)20(16)25/h1-6,11-12,19,25H,7-10H2/t19-/m1/s1. The van der Waals surface area contributed by atoms with Crippen molar-refractivity contribution in [1.82, 2.24) is 9.88 Å². The van der Waals surface area contributed by atoms with Gasteiger partial charge in [0.05, 0.1) is 24.3 Å². The fourth-order valence-corrected chi connectivity index (χ4v) is 4.20. The largest absolute Gasteiger partial charge is 0.505 e. The SMILES string of the molecule is Oc1c([C@@H](c2cccc(Br)c2)N2CCOCC2)cc(Cl)c2cccnc12. The molecule has 1 saturated heterocycles. The minimum atomic E-state index is -0.125. The number of fused-ring (bicyclic) bond motifs is 1. The number of aromatic hydroxyl groups is 1. The van der Waals surface area contributed by atoms with Gasteiger partial charge in [0.15, 0.2) is 0 Å². The second-order valence-electron chi connectivity index (χ2n) is 6.30. The first kappa shape index (κ1) is 17.7. The maximum atomic E-state index is 11.0. The smallest absolute Gasteiger partial charge is 0.147 e. The van der Waals surface area contributed by atoms with Crippen molar-refractivity contribution >= 4 is 38.4 Å². The number of morpholine rings is 1. The van der Waals surface area contributed by atoms with E-state index in [1.807, 2.05) is 30.3 Å². The Labute approximate surface area is 165 Å². The van der Waals surface area contributed by atoms with Crippen molar-refractivity contribution in [2.24, 2.45) is 0 Å². The zero-order valence-electron chi connectivity index (χ0n) is 14.0. The van der Waals surface area contributed by atoms with Gasteiger partial charge in [0.25, 0.3) is 0 Å². The van der Waals surface area contributed by atoms with E-state index in [2.05, 4.69) is 37.9 Å². The molecular formula is C20H18BrClN2O2. The molecule has 0 spiro atoms. The maximum absolute atomic E-state index is 11.0. The molecular weight excluding hydrogens is 416 g/mol. The molecule has 134 valence electrons. The van der Waals surface area contributed by atoms with Gasteiger partial charge in [-0.3, -0.25) is 9.88 Å². The lowest BCUT2D eigenvalue weighted by Crippen LogP contribution is -2.39. The Morgan fingerprint density at radius 1 is 1.15 bits per heavy atom. The third-order valence-electron chi connectivity index (χ3n) is 4.71. The molecule has 0 saturated carbocycles. The molecule has 1 aliphatic rings. The van der Waals surface area contributed by atoms with Crippen LogP contribution < -0.4 is 0 Å². The minimum Gasteiger partial charge on any atom is -0.505 e. The first-order valence-corrected chi connectivity index (χ1v) is 9.65. The average molecular weight is 434 g/mol. The Morgan fingerprint density at radius 2 is 1.96 bits per heavy atom. The number of hydrogen-bond acceptors (Lipinski definition) is 4. The summed E-state index contributed by atoms with van der Waals surface area (Å²) >= 11 is 10.1. The van der Waals surface area contributed by atoms with Crippen molar-refractivity contribution in [2.75, 3.05) is 26.3 Å². The Balaban J connectivity index is 1.91. The molecule has 2 aromatic carbocycles. The molecule has 26 heavy (non-hydrogen) atoms. The van der Waals surface area contributed by atoms with Crippen molar-refractivity contribution in [3.8, 4) is 5.75 Å². The van der Waals surface area contributed by atoms with Gasteiger partial charge in [-0.2, -0.15) is 0 Å². The lowest BCUT2D eigenvalue weighted by atomic mass is 9.94. The van der Waals surface area contributed by atoms with Crippen molar-refractivity contribution in [3.05, 3.63) is 69.3 Å². The number of aromatic nitrogens is 1. The van der Waals surface area contributed by atoms with E-state index < -0.39 is 0 Å². The highest BCUT2D eigenvalue weighted by Gasteiger charge is 2.28. The summed E-state index contributed by atoms with van der Waals surface area (Å²) in [6.07, 6.45) is 1.67. The Hall–Kier alpha value is -1.66. The fourth-order valence-electron chi connectivity index (χ4n) is 3.51. The molecule has 6 heteroatoms. The van der Waals surface area contributed by atoms with Crippen molar-refractivity contribution in [3.63, 3.8) is 0 Å². The van der Waals surface area contributed by atoms with Gasteiger partial charge in [0, 0.05) is 34.7 Å². The third kappa shape index (κ3) is 3.32. The van der Waals surface area contributed by atoms with Gasteiger partial charge < -0.3 is 9.84 Å². The second-order valence-corrected chi connectivity index (χ2v) is 7.62. The molecule has 0 radical (unpaired) electrons. The van der Waals surface area contributed by atoms with Crippen LogP contribution in [0.4, 0.5) is 0 Å². The van der Waals surface area contributed by atoms with Gasteiger partial charge in [0.2, 0.25) is 0 Å². The van der Waals surface area contributed by atoms with E-state index >= 15 is 0 Å². The quantitative estimate of drug-likeness (QED) is 0.646. The minimum absolute atomic E-state index is 0.125. The van der Waals surface area contributed by atoms with Crippen LogP contribution in [0.25, 0.3) is 10.9 Å². The summed E-state index contributed by atoms with van der Waals surface area (Å²) in [4.78, 5) is 6.67. The van der Waals surface area contributed by atoms with Crippen LogP contribution >= 0.6 is 27.5 Å². The number of pyridine rings is 1. The molecule has 1 N–H and O–H groups in total. The summed E-state index contributed by atoms with van der Waals surface area (Å²) in [5.74, 6) is 0.182. The van der Waals surface area contributed by atoms with Gasteiger partial charge in [-0.05, 0) is 35.9 Å². The van der Waals surface area contributed by atoms with E-state index in [0.29, 0.717) is 23.8 Å². The van der Waals surface area contributed by atoms with Crippen LogP contribution in [-0.4, -0.2) is 41.3 Å². The van der Waals surface area contributed by atoms with E-state index in [-0.39, 0.29) is 11.8 Å².